The third kappa shape index (κ3) is 3.44. The van der Waals surface area contributed by atoms with Crippen molar-refractivity contribution in [1.29, 1.82) is 0 Å². The highest BCUT2D eigenvalue weighted by Crippen LogP contribution is 2.22. The number of Topliss-reactive ketones (excluding diaryl/α,β-unsaturated/α-hetero) is 1. The van der Waals surface area contributed by atoms with Gasteiger partial charge < -0.3 is 9.72 Å². The Morgan fingerprint density at radius 2 is 1.93 bits per heavy atom. The van der Waals surface area contributed by atoms with Gasteiger partial charge in [0.2, 0.25) is 0 Å². The Morgan fingerprint density at radius 1 is 1.22 bits per heavy atom. The number of carbonyl (C=O) groups excluding carboxylic acids is 2. The van der Waals surface area contributed by atoms with E-state index in [4.69, 9.17) is 4.74 Å². The van der Waals surface area contributed by atoms with Gasteiger partial charge in [-0.15, -0.1) is 11.3 Å². The van der Waals surface area contributed by atoms with E-state index in [9.17, 15) is 14.4 Å². The molecule has 0 aromatic carbocycles. The number of carbonyl (C=O) groups is 2. The topological polar surface area (TPSA) is 94.1 Å². The molecule has 3 rings (SSSR count). The van der Waals surface area contributed by atoms with Crippen molar-refractivity contribution >= 4 is 33.3 Å². The standard InChI is InChI=1S/C19H21N3O4S/c1-5-12-7-13-17(27-12)20-9-22(18(13)24)8-14(23)15-10(3)21-11(4)16(15)19(25)26-6-2/h7,9,21H,5-6,8H2,1-4H3. The molecule has 0 bridgehead atoms. The Kier molecular flexibility index (Phi) is 5.27. The van der Waals surface area contributed by atoms with E-state index in [2.05, 4.69) is 9.97 Å². The molecule has 7 nitrogen and oxygen atoms in total. The lowest BCUT2D eigenvalue weighted by molar-refractivity contribution is 0.0522. The molecular weight excluding hydrogens is 366 g/mol. The van der Waals surface area contributed by atoms with Crippen molar-refractivity contribution in [1.82, 2.24) is 14.5 Å². The minimum atomic E-state index is -0.547. The van der Waals surface area contributed by atoms with Gasteiger partial charge in [-0.3, -0.25) is 14.2 Å². The molecule has 8 heteroatoms. The van der Waals surface area contributed by atoms with Gasteiger partial charge in [-0.1, -0.05) is 6.92 Å². The number of hydrogen-bond donors (Lipinski definition) is 1. The van der Waals surface area contributed by atoms with Gasteiger partial charge >= 0.3 is 5.97 Å². The Balaban J connectivity index is 1.99. The molecule has 0 fully saturated rings. The molecule has 27 heavy (non-hydrogen) atoms. The Morgan fingerprint density at radius 3 is 2.59 bits per heavy atom. The molecule has 0 aliphatic heterocycles. The summed E-state index contributed by atoms with van der Waals surface area (Å²) < 4.78 is 6.35. The SMILES string of the molecule is CCOC(=O)c1c(C)[nH]c(C)c1C(=O)Cn1cnc2sc(CC)cc2c1=O. The van der Waals surface area contributed by atoms with Gasteiger partial charge in [0, 0.05) is 16.3 Å². The minimum absolute atomic E-state index is 0.191. The van der Waals surface area contributed by atoms with Gasteiger partial charge in [-0.05, 0) is 33.3 Å². The number of ketones is 1. The van der Waals surface area contributed by atoms with Crippen LogP contribution in [-0.2, 0) is 17.7 Å². The highest BCUT2D eigenvalue weighted by atomic mass is 32.1. The van der Waals surface area contributed by atoms with Crippen molar-refractivity contribution in [3.63, 3.8) is 0 Å². The van der Waals surface area contributed by atoms with E-state index in [1.807, 2.05) is 13.0 Å². The van der Waals surface area contributed by atoms with Gasteiger partial charge in [0.15, 0.2) is 5.78 Å². The number of H-pyrrole nitrogens is 1. The molecular formula is C19H21N3O4S. The van der Waals surface area contributed by atoms with Crippen LogP contribution in [0.4, 0.5) is 0 Å². The fourth-order valence-corrected chi connectivity index (χ4v) is 4.04. The van der Waals surface area contributed by atoms with Crippen molar-refractivity contribution in [3.05, 3.63) is 50.1 Å². The van der Waals surface area contributed by atoms with Crippen LogP contribution in [0.3, 0.4) is 0 Å². The number of rotatable bonds is 6. The van der Waals surface area contributed by atoms with Crippen LogP contribution in [0.1, 0.15) is 50.8 Å². The zero-order chi connectivity index (χ0) is 19.7. The smallest absolute Gasteiger partial charge is 0.340 e. The lowest BCUT2D eigenvalue weighted by Gasteiger charge is -2.07. The van der Waals surface area contributed by atoms with Gasteiger partial charge in [0.05, 0.1) is 36.0 Å². The highest BCUT2D eigenvalue weighted by Gasteiger charge is 2.25. The molecule has 0 aliphatic carbocycles. The highest BCUT2D eigenvalue weighted by molar-refractivity contribution is 7.18. The van der Waals surface area contributed by atoms with Crippen LogP contribution in [0.15, 0.2) is 17.2 Å². The van der Waals surface area contributed by atoms with Crippen molar-refractivity contribution in [2.45, 2.75) is 40.7 Å². The largest absolute Gasteiger partial charge is 0.462 e. The predicted octanol–water partition coefficient (Wildman–Crippen LogP) is 3.02. The molecule has 3 heterocycles. The molecule has 0 atom stereocenters. The zero-order valence-electron chi connectivity index (χ0n) is 15.7. The monoisotopic (exact) mass is 387 g/mol. The third-order valence-electron chi connectivity index (χ3n) is 4.36. The molecule has 0 saturated heterocycles. The van der Waals surface area contributed by atoms with E-state index in [-0.39, 0.29) is 35.6 Å². The van der Waals surface area contributed by atoms with Gasteiger partial charge in [0.25, 0.3) is 5.56 Å². The third-order valence-corrected chi connectivity index (χ3v) is 5.55. The summed E-state index contributed by atoms with van der Waals surface area (Å²) in [4.78, 5) is 46.9. The summed E-state index contributed by atoms with van der Waals surface area (Å²) in [6.45, 7) is 7.19. The summed E-state index contributed by atoms with van der Waals surface area (Å²) in [6.07, 6.45) is 2.21. The summed E-state index contributed by atoms with van der Waals surface area (Å²) in [6, 6.07) is 1.83. The van der Waals surface area contributed by atoms with E-state index < -0.39 is 5.97 Å². The number of hydrogen-bond acceptors (Lipinski definition) is 6. The Bertz CT molecular complexity index is 1090. The van der Waals surface area contributed by atoms with Gasteiger partial charge in [-0.2, -0.15) is 0 Å². The maximum Gasteiger partial charge on any atom is 0.340 e. The van der Waals surface area contributed by atoms with E-state index in [1.165, 1.54) is 22.2 Å². The average molecular weight is 387 g/mol. The van der Waals surface area contributed by atoms with E-state index in [0.29, 0.717) is 21.6 Å². The van der Waals surface area contributed by atoms with Crippen molar-refractivity contribution in [2.24, 2.45) is 0 Å². The summed E-state index contributed by atoms with van der Waals surface area (Å²) in [5, 5.41) is 0.514. The maximum absolute atomic E-state index is 12.9. The van der Waals surface area contributed by atoms with Gasteiger partial charge in [0.1, 0.15) is 4.83 Å². The summed E-state index contributed by atoms with van der Waals surface area (Å²) in [5.41, 5.74) is 1.38. The first kappa shape index (κ1) is 19.0. The molecule has 3 aromatic heterocycles. The number of thiophene rings is 1. The fraction of sp³-hybridized carbons (Fsp3) is 0.368. The summed E-state index contributed by atoms with van der Waals surface area (Å²) in [5.74, 6) is -0.886. The van der Waals surface area contributed by atoms with Gasteiger partial charge in [-0.25, -0.2) is 9.78 Å². The number of aromatic nitrogens is 3. The molecule has 1 N–H and O–H groups in total. The Hall–Kier alpha value is -2.74. The van der Waals surface area contributed by atoms with E-state index in [1.54, 1.807) is 20.8 Å². The minimum Gasteiger partial charge on any atom is -0.462 e. The predicted molar refractivity (Wildman–Crippen MR) is 104 cm³/mol. The number of esters is 1. The molecule has 0 spiro atoms. The van der Waals surface area contributed by atoms with Crippen molar-refractivity contribution in [3.8, 4) is 0 Å². The second-order valence-corrected chi connectivity index (χ2v) is 7.35. The quantitative estimate of drug-likeness (QED) is 0.518. The molecule has 0 amide bonds. The van der Waals surface area contributed by atoms with Crippen LogP contribution in [0.25, 0.3) is 10.2 Å². The molecule has 0 unspecified atom stereocenters. The second-order valence-electron chi connectivity index (χ2n) is 6.23. The molecule has 0 saturated carbocycles. The van der Waals surface area contributed by atoms with E-state index >= 15 is 0 Å². The first-order valence-electron chi connectivity index (χ1n) is 8.74. The molecule has 3 aromatic rings. The molecule has 0 aliphatic rings. The van der Waals surface area contributed by atoms with Crippen LogP contribution >= 0.6 is 11.3 Å². The molecule has 142 valence electrons. The number of fused-ring (bicyclic) bond motifs is 1. The first-order valence-corrected chi connectivity index (χ1v) is 9.56. The zero-order valence-corrected chi connectivity index (χ0v) is 16.5. The lowest BCUT2D eigenvalue weighted by atomic mass is 10.0. The average Bonchev–Trinajstić information content (AvgIpc) is 3.18. The van der Waals surface area contributed by atoms with E-state index in [0.717, 1.165) is 11.3 Å². The second kappa shape index (κ2) is 7.48. The number of ether oxygens (including phenoxy) is 1. The fourth-order valence-electron chi connectivity index (χ4n) is 3.12. The first-order chi connectivity index (χ1) is 12.9. The van der Waals surface area contributed by atoms with Crippen molar-refractivity contribution < 1.29 is 14.3 Å². The maximum atomic E-state index is 12.9. The van der Waals surface area contributed by atoms with Crippen LogP contribution in [0.5, 0.6) is 0 Å². The summed E-state index contributed by atoms with van der Waals surface area (Å²) >= 11 is 1.48. The van der Waals surface area contributed by atoms with Crippen LogP contribution in [0.2, 0.25) is 0 Å². The molecule has 0 radical (unpaired) electrons. The van der Waals surface area contributed by atoms with Crippen LogP contribution in [-0.4, -0.2) is 32.9 Å². The van der Waals surface area contributed by atoms with Crippen LogP contribution in [0, 0.1) is 13.8 Å². The normalized spacial score (nSPS) is 11.1. The number of aryl methyl sites for hydroxylation is 3. The van der Waals surface area contributed by atoms with Crippen molar-refractivity contribution in [2.75, 3.05) is 6.61 Å². The number of nitrogens with zero attached hydrogens (tertiary/aromatic N) is 2. The Labute approximate surface area is 160 Å². The number of aromatic amines is 1. The van der Waals surface area contributed by atoms with Crippen LogP contribution < -0.4 is 5.56 Å². The lowest BCUT2D eigenvalue weighted by Crippen LogP contribution is -2.25. The summed E-state index contributed by atoms with van der Waals surface area (Å²) in [7, 11) is 0. The number of nitrogens with one attached hydrogen (secondary N) is 1.